The zero-order chi connectivity index (χ0) is 25.4. The van der Waals surface area contributed by atoms with Crippen LogP contribution in [0, 0.1) is 0 Å². The van der Waals surface area contributed by atoms with Crippen molar-refractivity contribution >= 4 is 49.8 Å². The fourth-order valence-corrected chi connectivity index (χ4v) is 5.19. The lowest BCUT2D eigenvalue weighted by molar-refractivity contribution is 0.312. The number of piperazine rings is 1. The predicted molar refractivity (Wildman–Crippen MR) is 148 cm³/mol. The highest BCUT2D eigenvalue weighted by atomic mass is 32.1. The van der Waals surface area contributed by atoms with E-state index in [1.165, 1.54) is 17.4 Å². The molecule has 5 aromatic rings. The molecule has 10 heteroatoms. The van der Waals surface area contributed by atoms with E-state index >= 15 is 0 Å². The highest BCUT2D eigenvalue weighted by Gasteiger charge is 2.17. The molecule has 0 spiro atoms. The number of aromatic nitrogens is 3. The molecule has 1 saturated heterocycles. The number of hydrogen-bond acceptors (Lipinski definition) is 9. The minimum atomic E-state index is -0.161. The number of likely N-dealkylation sites (N-methyl/N-ethyl adjacent to an activating group) is 1. The SMILES string of the molecule is COc1cc(N2CCN(C)CC2)ccc1Nc1nc(Oc2ccc3ccc(=O)[nH]c3c2)c2sccc2n1. The van der Waals surface area contributed by atoms with Crippen molar-refractivity contribution in [3.8, 4) is 17.4 Å². The molecule has 4 heterocycles. The largest absolute Gasteiger partial charge is 0.494 e. The Morgan fingerprint density at radius 3 is 2.68 bits per heavy atom. The van der Waals surface area contributed by atoms with Gasteiger partial charge in [-0.15, -0.1) is 11.3 Å². The first-order valence-corrected chi connectivity index (χ1v) is 12.9. The summed E-state index contributed by atoms with van der Waals surface area (Å²) in [6.07, 6.45) is 0. The van der Waals surface area contributed by atoms with Crippen molar-refractivity contribution in [1.29, 1.82) is 0 Å². The molecule has 9 nitrogen and oxygen atoms in total. The summed E-state index contributed by atoms with van der Waals surface area (Å²) < 4.78 is 12.7. The highest BCUT2D eigenvalue weighted by Crippen LogP contribution is 2.36. The zero-order valence-electron chi connectivity index (χ0n) is 20.5. The molecular formula is C27H26N6O3S. The van der Waals surface area contributed by atoms with Gasteiger partial charge in [0.1, 0.15) is 16.2 Å². The minimum Gasteiger partial charge on any atom is -0.494 e. The van der Waals surface area contributed by atoms with Crippen LogP contribution in [0.1, 0.15) is 0 Å². The summed E-state index contributed by atoms with van der Waals surface area (Å²) >= 11 is 1.51. The van der Waals surface area contributed by atoms with Crippen molar-refractivity contribution in [2.45, 2.75) is 0 Å². The Bertz CT molecular complexity index is 1640. The number of thiophene rings is 1. The number of aromatic amines is 1. The van der Waals surface area contributed by atoms with Gasteiger partial charge in [0.25, 0.3) is 0 Å². The van der Waals surface area contributed by atoms with Crippen LogP contribution in [0.4, 0.5) is 17.3 Å². The van der Waals surface area contributed by atoms with Crippen LogP contribution < -0.4 is 25.2 Å². The van der Waals surface area contributed by atoms with E-state index < -0.39 is 0 Å². The first-order chi connectivity index (χ1) is 18.1. The summed E-state index contributed by atoms with van der Waals surface area (Å²) in [5.41, 5.74) is 3.21. The second kappa shape index (κ2) is 9.72. The van der Waals surface area contributed by atoms with Crippen LogP contribution in [0.15, 0.2) is 64.8 Å². The third-order valence-electron chi connectivity index (χ3n) is 6.48. The zero-order valence-corrected chi connectivity index (χ0v) is 21.3. The summed E-state index contributed by atoms with van der Waals surface area (Å²) in [6, 6.07) is 16.9. The predicted octanol–water partition coefficient (Wildman–Crippen LogP) is 4.83. The Labute approximate surface area is 217 Å². The van der Waals surface area contributed by atoms with Crippen LogP contribution in [0.2, 0.25) is 0 Å². The number of H-pyrrole nitrogens is 1. The maximum atomic E-state index is 11.7. The van der Waals surface area contributed by atoms with Crippen LogP contribution in [-0.2, 0) is 0 Å². The van der Waals surface area contributed by atoms with E-state index in [2.05, 4.69) is 43.2 Å². The Morgan fingerprint density at radius 1 is 1.00 bits per heavy atom. The first-order valence-electron chi connectivity index (χ1n) is 12.0. The van der Waals surface area contributed by atoms with Crippen LogP contribution >= 0.6 is 11.3 Å². The van der Waals surface area contributed by atoms with E-state index in [-0.39, 0.29) is 5.56 Å². The van der Waals surface area contributed by atoms with Crippen LogP contribution in [0.3, 0.4) is 0 Å². The third kappa shape index (κ3) is 4.81. The average Bonchev–Trinajstić information content (AvgIpc) is 3.38. The molecule has 0 atom stereocenters. The lowest BCUT2D eigenvalue weighted by Gasteiger charge is -2.34. The number of anilines is 3. The van der Waals surface area contributed by atoms with E-state index in [0.717, 1.165) is 53.2 Å². The van der Waals surface area contributed by atoms with E-state index in [9.17, 15) is 4.79 Å². The molecule has 1 aliphatic rings. The molecule has 3 aromatic heterocycles. The van der Waals surface area contributed by atoms with Crippen LogP contribution in [0.5, 0.6) is 17.4 Å². The molecule has 188 valence electrons. The van der Waals surface area contributed by atoms with Crippen molar-refractivity contribution < 1.29 is 9.47 Å². The molecule has 1 aliphatic heterocycles. The first kappa shape index (κ1) is 23.3. The van der Waals surface area contributed by atoms with E-state index in [0.29, 0.717) is 28.8 Å². The summed E-state index contributed by atoms with van der Waals surface area (Å²) in [5, 5.41) is 6.19. The molecule has 37 heavy (non-hydrogen) atoms. The minimum absolute atomic E-state index is 0.161. The van der Waals surface area contributed by atoms with E-state index in [1.54, 1.807) is 19.2 Å². The quantitative estimate of drug-likeness (QED) is 0.333. The Hall–Kier alpha value is -4.15. The number of nitrogens with zero attached hydrogens (tertiary/aromatic N) is 4. The third-order valence-corrected chi connectivity index (χ3v) is 7.38. The van der Waals surface area contributed by atoms with Crippen LogP contribution in [-0.4, -0.2) is 60.2 Å². The standard InChI is InChI=1S/C27H26N6O3S/c1-32-10-12-33(13-11-32)18-5-7-20(23(15-18)35-2)29-27-30-21-9-14-37-25(21)26(31-27)36-19-6-3-17-4-8-24(34)28-22(17)16-19/h3-9,14-16H,10-13H2,1-2H3,(H,28,34)(H,29,30,31). The number of rotatable bonds is 6. The van der Waals surface area contributed by atoms with E-state index in [4.69, 9.17) is 9.47 Å². The monoisotopic (exact) mass is 514 g/mol. The van der Waals surface area contributed by atoms with Gasteiger partial charge in [-0.3, -0.25) is 4.79 Å². The van der Waals surface area contributed by atoms with Crippen molar-refractivity contribution in [1.82, 2.24) is 19.9 Å². The number of benzene rings is 2. The van der Waals surface area contributed by atoms with Gasteiger partial charge in [0.15, 0.2) is 0 Å². The summed E-state index contributed by atoms with van der Waals surface area (Å²) in [6.45, 7) is 4.03. The van der Waals surface area contributed by atoms with Gasteiger partial charge in [0.2, 0.25) is 17.4 Å². The fourth-order valence-electron chi connectivity index (χ4n) is 4.43. The lowest BCUT2D eigenvalue weighted by atomic mass is 10.2. The molecule has 0 radical (unpaired) electrons. The summed E-state index contributed by atoms with van der Waals surface area (Å²) in [7, 11) is 3.81. The average molecular weight is 515 g/mol. The molecule has 6 rings (SSSR count). The molecule has 1 fully saturated rings. The van der Waals surface area contributed by atoms with Crippen molar-refractivity contribution in [3.05, 3.63) is 70.3 Å². The Morgan fingerprint density at radius 2 is 1.84 bits per heavy atom. The number of nitrogens with one attached hydrogen (secondary N) is 2. The number of hydrogen-bond donors (Lipinski definition) is 2. The number of fused-ring (bicyclic) bond motifs is 2. The molecule has 0 amide bonds. The molecular weight excluding hydrogens is 488 g/mol. The van der Waals surface area contributed by atoms with Gasteiger partial charge >= 0.3 is 0 Å². The molecule has 0 bridgehead atoms. The van der Waals surface area contributed by atoms with Crippen molar-refractivity contribution in [2.75, 3.05) is 50.6 Å². The van der Waals surface area contributed by atoms with Gasteiger partial charge in [0, 0.05) is 50.1 Å². The number of ether oxygens (including phenoxy) is 2. The van der Waals surface area contributed by atoms with Gasteiger partial charge in [0.05, 0.1) is 23.8 Å². The number of pyridine rings is 1. The van der Waals surface area contributed by atoms with Crippen molar-refractivity contribution in [3.63, 3.8) is 0 Å². The van der Waals surface area contributed by atoms with Gasteiger partial charge in [-0.05, 0) is 54.2 Å². The lowest BCUT2D eigenvalue weighted by Crippen LogP contribution is -2.44. The molecule has 2 N–H and O–H groups in total. The topological polar surface area (TPSA) is 95.6 Å². The number of methoxy groups -OCH3 is 1. The second-order valence-electron chi connectivity index (χ2n) is 8.96. The molecule has 2 aromatic carbocycles. The van der Waals surface area contributed by atoms with Gasteiger partial charge in [-0.25, -0.2) is 4.98 Å². The Balaban J connectivity index is 1.30. The Kier molecular flexibility index (Phi) is 6.11. The smallest absolute Gasteiger partial charge is 0.248 e. The molecule has 0 unspecified atom stereocenters. The van der Waals surface area contributed by atoms with Crippen molar-refractivity contribution in [2.24, 2.45) is 0 Å². The maximum Gasteiger partial charge on any atom is 0.248 e. The normalized spacial score (nSPS) is 14.3. The molecule has 0 aliphatic carbocycles. The second-order valence-corrected chi connectivity index (χ2v) is 9.88. The maximum absolute atomic E-state index is 11.7. The summed E-state index contributed by atoms with van der Waals surface area (Å²) in [4.78, 5) is 28.6. The summed E-state index contributed by atoms with van der Waals surface area (Å²) in [5.74, 6) is 2.13. The highest BCUT2D eigenvalue weighted by molar-refractivity contribution is 7.17. The van der Waals surface area contributed by atoms with E-state index in [1.807, 2.05) is 35.7 Å². The van der Waals surface area contributed by atoms with Gasteiger partial charge in [-0.1, -0.05) is 0 Å². The van der Waals surface area contributed by atoms with Gasteiger partial charge in [-0.2, -0.15) is 4.98 Å². The fraction of sp³-hybridized carbons (Fsp3) is 0.222. The van der Waals surface area contributed by atoms with Gasteiger partial charge < -0.3 is 29.6 Å². The molecule has 0 saturated carbocycles. The van der Waals surface area contributed by atoms with Crippen LogP contribution in [0.25, 0.3) is 21.1 Å².